The zero-order valence-electron chi connectivity index (χ0n) is 5.54. The third-order valence-corrected chi connectivity index (χ3v) is 1.90. The average Bonchev–Trinajstić information content (AvgIpc) is 2.13. The molecule has 0 aliphatic heterocycles. The van der Waals surface area contributed by atoms with Crippen LogP contribution >= 0.6 is 0 Å². The Kier molecular flexibility index (Phi) is 2.05. The lowest BCUT2D eigenvalue weighted by Gasteiger charge is -2.03. The van der Waals surface area contributed by atoms with Gasteiger partial charge in [-0.2, -0.15) is 0 Å². The minimum Gasteiger partial charge on any atom is -0.390 e. The summed E-state index contributed by atoms with van der Waals surface area (Å²) >= 11 is 0. The monoisotopic (exact) mass is 131 g/mol. The van der Waals surface area contributed by atoms with Crippen molar-refractivity contribution in [1.82, 2.24) is 5.32 Å². The summed E-state index contributed by atoms with van der Waals surface area (Å²) in [5.74, 6) is 0. The van der Waals surface area contributed by atoms with Gasteiger partial charge in [-0.3, -0.25) is 0 Å². The van der Waals surface area contributed by atoms with Crippen LogP contribution in [0.3, 0.4) is 0 Å². The van der Waals surface area contributed by atoms with E-state index in [-0.39, 0.29) is 0 Å². The Hall–Kier alpha value is -0.120. The quantitative estimate of drug-likeness (QED) is 0.432. The highest BCUT2D eigenvalue weighted by Crippen LogP contribution is 2.18. The summed E-state index contributed by atoms with van der Waals surface area (Å²) < 4.78 is 0. The van der Waals surface area contributed by atoms with Crippen LogP contribution in [-0.4, -0.2) is 35.5 Å². The molecule has 0 aromatic carbocycles. The topological polar surface area (TPSA) is 52.5 Å². The standard InChI is InChI=1S/C6H13NO2/c1-7-4-2-5(8)6(9)3-4/h4-9H,2-3H2,1H3/t4-,5-,6+. The van der Waals surface area contributed by atoms with Crippen LogP contribution in [-0.2, 0) is 0 Å². The third-order valence-electron chi connectivity index (χ3n) is 1.90. The molecule has 0 aromatic rings. The van der Waals surface area contributed by atoms with E-state index in [1.165, 1.54) is 0 Å². The van der Waals surface area contributed by atoms with Crippen molar-refractivity contribution in [3.05, 3.63) is 0 Å². The predicted octanol–water partition coefficient (Wildman–Crippen LogP) is -0.910. The molecule has 0 saturated heterocycles. The summed E-state index contributed by atoms with van der Waals surface area (Å²) in [7, 11) is 1.84. The van der Waals surface area contributed by atoms with Gasteiger partial charge in [0.15, 0.2) is 0 Å². The molecule has 1 fully saturated rings. The van der Waals surface area contributed by atoms with Crippen LogP contribution in [0.4, 0.5) is 0 Å². The molecule has 1 rings (SSSR count). The first kappa shape index (κ1) is 6.99. The van der Waals surface area contributed by atoms with E-state index >= 15 is 0 Å². The Morgan fingerprint density at radius 1 is 1.22 bits per heavy atom. The molecule has 3 N–H and O–H groups in total. The summed E-state index contributed by atoms with van der Waals surface area (Å²) in [6.45, 7) is 0. The molecule has 0 bridgehead atoms. The van der Waals surface area contributed by atoms with E-state index in [9.17, 15) is 0 Å². The van der Waals surface area contributed by atoms with Crippen molar-refractivity contribution in [3.63, 3.8) is 0 Å². The lowest BCUT2D eigenvalue weighted by Crippen LogP contribution is -2.22. The van der Waals surface area contributed by atoms with Gasteiger partial charge in [-0.25, -0.2) is 0 Å². The molecule has 0 aromatic heterocycles. The summed E-state index contributed by atoms with van der Waals surface area (Å²) in [6, 6.07) is 0.301. The van der Waals surface area contributed by atoms with Crippen molar-refractivity contribution in [2.45, 2.75) is 31.1 Å². The van der Waals surface area contributed by atoms with E-state index in [0.717, 1.165) is 0 Å². The molecule has 1 aliphatic carbocycles. The molecule has 1 aliphatic rings. The third kappa shape index (κ3) is 1.41. The van der Waals surface area contributed by atoms with E-state index in [0.29, 0.717) is 18.9 Å². The molecule has 1 saturated carbocycles. The first-order chi connectivity index (χ1) is 4.24. The van der Waals surface area contributed by atoms with Crippen LogP contribution in [0.1, 0.15) is 12.8 Å². The van der Waals surface area contributed by atoms with Crippen molar-refractivity contribution < 1.29 is 10.2 Å². The van der Waals surface area contributed by atoms with E-state index < -0.39 is 12.2 Å². The molecule has 9 heavy (non-hydrogen) atoms. The number of hydrogen-bond donors (Lipinski definition) is 3. The molecule has 3 atom stereocenters. The van der Waals surface area contributed by atoms with E-state index in [1.54, 1.807) is 0 Å². The number of nitrogens with one attached hydrogen (secondary N) is 1. The van der Waals surface area contributed by atoms with Crippen molar-refractivity contribution in [3.8, 4) is 0 Å². The Morgan fingerprint density at radius 3 is 1.89 bits per heavy atom. The normalized spacial score (nSPS) is 43.7. The maximum Gasteiger partial charge on any atom is 0.0814 e. The van der Waals surface area contributed by atoms with Gasteiger partial charge in [-0.1, -0.05) is 0 Å². The second kappa shape index (κ2) is 2.64. The lowest BCUT2D eigenvalue weighted by molar-refractivity contribution is 0.0438. The Balaban J connectivity index is 2.35. The van der Waals surface area contributed by atoms with Gasteiger partial charge in [0.2, 0.25) is 0 Å². The molecule has 0 radical (unpaired) electrons. The maximum atomic E-state index is 9.01. The molecular formula is C6H13NO2. The van der Waals surface area contributed by atoms with Gasteiger partial charge in [-0.15, -0.1) is 0 Å². The van der Waals surface area contributed by atoms with Gasteiger partial charge in [0.1, 0.15) is 0 Å². The Labute approximate surface area is 54.7 Å². The van der Waals surface area contributed by atoms with Crippen LogP contribution in [0.25, 0.3) is 0 Å². The Bertz CT molecular complexity index is 87.1. The van der Waals surface area contributed by atoms with Gasteiger partial charge in [-0.05, 0) is 19.9 Å². The van der Waals surface area contributed by atoms with Crippen LogP contribution in [0.5, 0.6) is 0 Å². The molecule has 3 heteroatoms. The van der Waals surface area contributed by atoms with E-state index in [4.69, 9.17) is 10.2 Å². The lowest BCUT2D eigenvalue weighted by atomic mass is 10.2. The molecular weight excluding hydrogens is 118 g/mol. The van der Waals surface area contributed by atoms with Crippen LogP contribution in [0, 0.1) is 0 Å². The fraction of sp³-hybridized carbons (Fsp3) is 1.00. The van der Waals surface area contributed by atoms with Crippen molar-refractivity contribution in [2.75, 3.05) is 7.05 Å². The van der Waals surface area contributed by atoms with Gasteiger partial charge < -0.3 is 15.5 Å². The highest BCUT2D eigenvalue weighted by molar-refractivity contribution is 4.85. The average molecular weight is 131 g/mol. The van der Waals surface area contributed by atoms with E-state index in [2.05, 4.69) is 5.32 Å². The van der Waals surface area contributed by atoms with Crippen LogP contribution in [0.2, 0.25) is 0 Å². The molecule has 0 heterocycles. The Morgan fingerprint density at radius 2 is 1.67 bits per heavy atom. The number of hydrogen-bond acceptors (Lipinski definition) is 3. The fourth-order valence-electron chi connectivity index (χ4n) is 1.23. The van der Waals surface area contributed by atoms with Crippen molar-refractivity contribution in [2.24, 2.45) is 0 Å². The molecule has 0 amide bonds. The largest absolute Gasteiger partial charge is 0.390 e. The summed E-state index contributed by atoms with van der Waals surface area (Å²) in [5.41, 5.74) is 0. The smallest absolute Gasteiger partial charge is 0.0814 e. The molecule has 0 spiro atoms. The number of aliphatic hydroxyl groups excluding tert-OH is 2. The minimum absolute atomic E-state index is 0.301. The van der Waals surface area contributed by atoms with Crippen LogP contribution < -0.4 is 5.32 Å². The van der Waals surface area contributed by atoms with Gasteiger partial charge >= 0.3 is 0 Å². The van der Waals surface area contributed by atoms with Crippen LogP contribution in [0.15, 0.2) is 0 Å². The zero-order valence-corrected chi connectivity index (χ0v) is 5.54. The van der Waals surface area contributed by atoms with E-state index in [1.807, 2.05) is 7.05 Å². The number of aliphatic hydroxyl groups is 2. The first-order valence-electron chi connectivity index (χ1n) is 3.27. The summed E-state index contributed by atoms with van der Waals surface area (Å²) in [5, 5.41) is 21.0. The van der Waals surface area contributed by atoms with Gasteiger partial charge in [0.05, 0.1) is 12.2 Å². The molecule has 0 unspecified atom stereocenters. The highest BCUT2D eigenvalue weighted by Gasteiger charge is 2.29. The highest BCUT2D eigenvalue weighted by atomic mass is 16.3. The first-order valence-corrected chi connectivity index (χ1v) is 3.27. The fourth-order valence-corrected chi connectivity index (χ4v) is 1.23. The SMILES string of the molecule is CN[C@@H]1C[C@@H](O)[C@@H](O)C1. The molecule has 54 valence electrons. The summed E-state index contributed by atoms with van der Waals surface area (Å²) in [4.78, 5) is 0. The van der Waals surface area contributed by atoms with Crippen molar-refractivity contribution >= 4 is 0 Å². The second-order valence-corrected chi connectivity index (χ2v) is 2.59. The zero-order chi connectivity index (χ0) is 6.85. The minimum atomic E-state index is -0.512. The number of rotatable bonds is 1. The van der Waals surface area contributed by atoms with Gasteiger partial charge in [0, 0.05) is 6.04 Å². The molecule has 3 nitrogen and oxygen atoms in total. The second-order valence-electron chi connectivity index (χ2n) is 2.59. The van der Waals surface area contributed by atoms with Crippen molar-refractivity contribution in [1.29, 1.82) is 0 Å². The predicted molar refractivity (Wildman–Crippen MR) is 34.1 cm³/mol. The van der Waals surface area contributed by atoms with Gasteiger partial charge in [0.25, 0.3) is 0 Å². The maximum absolute atomic E-state index is 9.01. The summed E-state index contributed by atoms with van der Waals surface area (Å²) in [6.07, 6.45) is 0.333.